The van der Waals surface area contributed by atoms with Gasteiger partial charge in [-0.05, 0) is 68.3 Å². The van der Waals surface area contributed by atoms with E-state index in [1.807, 2.05) is 45.0 Å². The van der Waals surface area contributed by atoms with Crippen molar-refractivity contribution in [2.24, 2.45) is 0 Å². The Bertz CT molecular complexity index is 559. The normalized spacial score (nSPS) is 10.6. The number of aryl methyl sites for hydroxylation is 1. The van der Waals surface area contributed by atoms with Crippen LogP contribution in [0.4, 0.5) is 0 Å². The minimum atomic E-state index is 0.158. The molecule has 0 aliphatic heterocycles. The molecule has 0 saturated carbocycles. The molecule has 0 fully saturated rings. The fourth-order valence-corrected chi connectivity index (χ4v) is 1.93. The summed E-state index contributed by atoms with van der Waals surface area (Å²) in [7, 11) is 0. The maximum Gasteiger partial charge on any atom is 0.130 e. The Morgan fingerprint density at radius 2 is 1.65 bits per heavy atom. The van der Waals surface area contributed by atoms with Crippen molar-refractivity contribution >= 4 is 0 Å². The van der Waals surface area contributed by atoms with Crippen molar-refractivity contribution < 1.29 is 14.6 Å². The van der Waals surface area contributed by atoms with Gasteiger partial charge in [0.1, 0.15) is 23.0 Å². The summed E-state index contributed by atoms with van der Waals surface area (Å²) in [6.45, 7) is 6.02. The van der Waals surface area contributed by atoms with Gasteiger partial charge in [-0.15, -0.1) is 0 Å². The molecule has 0 aliphatic rings. The van der Waals surface area contributed by atoms with Crippen LogP contribution in [0.25, 0.3) is 0 Å². The number of aromatic hydroxyl groups is 1. The number of hydrogen-bond acceptors (Lipinski definition) is 3. The Morgan fingerprint density at radius 1 is 1.00 bits per heavy atom. The molecule has 2 aromatic carbocycles. The number of benzene rings is 2. The van der Waals surface area contributed by atoms with Crippen LogP contribution in [0.5, 0.6) is 23.0 Å². The summed E-state index contributed by atoms with van der Waals surface area (Å²) in [4.78, 5) is 0. The topological polar surface area (TPSA) is 38.7 Å². The van der Waals surface area contributed by atoms with Crippen LogP contribution in [0, 0.1) is 0 Å². The van der Waals surface area contributed by atoms with Gasteiger partial charge in [0.2, 0.25) is 0 Å². The van der Waals surface area contributed by atoms with Gasteiger partial charge in [0.15, 0.2) is 0 Å². The molecule has 106 valence electrons. The smallest absolute Gasteiger partial charge is 0.130 e. The molecule has 2 aromatic rings. The molecule has 0 spiro atoms. The van der Waals surface area contributed by atoms with Gasteiger partial charge in [0, 0.05) is 0 Å². The summed E-state index contributed by atoms with van der Waals surface area (Å²) in [5.41, 5.74) is 0.979. The van der Waals surface area contributed by atoms with Crippen molar-refractivity contribution in [3.8, 4) is 23.0 Å². The standard InChI is InChI=1S/C17H20O3/c1-4-13-11-14(18)5-10-17(13)20-16-8-6-15(7-9-16)19-12(2)3/h5-12,18H,4H2,1-3H3. The van der Waals surface area contributed by atoms with Crippen LogP contribution >= 0.6 is 0 Å². The van der Waals surface area contributed by atoms with Crippen LogP contribution in [0.3, 0.4) is 0 Å². The minimum absolute atomic E-state index is 0.158. The van der Waals surface area contributed by atoms with Crippen LogP contribution in [0.1, 0.15) is 26.3 Å². The van der Waals surface area contributed by atoms with E-state index in [0.29, 0.717) is 0 Å². The quantitative estimate of drug-likeness (QED) is 0.868. The number of hydrogen-bond donors (Lipinski definition) is 1. The molecular formula is C17H20O3. The van der Waals surface area contributed by atoms with Crippen molar-refractivity contribution in [2.45, 2.75) is 33.3 Å². The summed E-state index contributed by atoms with van der Waals surface area (Å²) < 4.78 is 11.4. The van der Waals surface area contributed by atoms with Crippen molar-refractivity contribution in [1.29, 1.82) is 0 Å². The molecule has 3 nitrogen and oxygen atoms in total. The van der Waals surface area contributed by atoms with E-state index in [2.05, 4.69) is 0 Å². The lowest BCUT2D eigenvalue weighted by Crippen LogP contribution is -2.05. The first-order chi connectivity index (χ1) is 9.58. The van der Waals surface area contributed by atoms with E-state index < -0.39 is 0 Å². The highest BCUT2D eigenvalue weighted by Gasteiger charge is 2.05. The van der Waals surface area contributed by atoms with Gasteiger partial charge < -0.3 is 14.6 Å². The molecule has 0 radical (unpaired) electrons. The number of ether oxygens (including phenoxy) is 2. The van der Waals surface area contributed by atoms with Crippen LogP contribution in [-0.2, 0) is 6.42 Å². The number of rotatable bonds is 5. The first-order valence-corrected chi connectivity index (χ1v) is 6.85. The Labute approximate surface area is 119 Å². The lowest BCUT2D eigenvalue weighted by Gasteiger charge is -2.12. The molecule has 0 saturated heterocycles. The summed E-state index contributed by atoms with van der Waals surface area (Å²) in [5.74, 6) is 2.60. The highest BCUT2D eigenvalue weighted by atomic mass is 16.5. The Kier molecular flexibility index (Phi) is 4.51. The second kappa shape index (κ2) is 6.33. The van der Waals surface area contributed by atoms with E-state index in [-0.39, 0.29) is 11.9 Å². The van der Waals surface area contributed by atoms with E-state index in [1.54, 1.807) is 18.2 Å². The second-order valence-electron chi connectivity index (χ2n) is 4.89. The lowest BCUT2D eigenvalue weighted by molar-refractivity contribution is 0.242. The predicted molar refractivity (Wildman–Crippen MR) is 79.8 cm³/mol. The molecule has 0 aromatic heterocycles. The van der Waals surface area contributed by atoms with Crippen LogP contribution < -0.4 is 9.47 Å². The van der Waals surface area contributed by atoms with Crippen LogP contribution in [-0.4, -0.2) is 11.2 Å². The largest absolute Gasteiger partial charge is 0.508 e. The van der Waals surface area contributed by atoms with Crippen molar-refractivity contribution in [3.63, 3.8) is 0 Å². The van der Waals surface area contributed by atoms with Crippen molar-refractivity contribution in [1.82, 2.24) is 0 Å². The van der Waals surface area contributed by atoms with Gasteiger partial charge in [-0.2, -0.15) is 0 Å². The minimum Gasteiger partial charge on any atom is -0.508 e. The summed E-state index contributed by atoms with van der Waals surface area (Å²) in [5, 5.41) is 9.48. The molecule has 20 heavy (non-hydrogen) atoms. The average Bonchev–Trinajstić information content (AvgIpc) is 2.42. The molecule has 1 N–H and O–H groups in total. The first-order valence-electron chi connectivity index (χ1n) is 6.85. The monoisotopic (exact) mass is 272 g/mol. The molecule has 0 heterocycles. The van der Waals surface area contributed by atoms with Gasteiger partial charge in [-0.25, -0.2) is 0 Å². The van der Waals surface area contributed by atoms with Gasteiger partial charge in [-0.3, -0.25) is 0 Å². The van der Waals surface area contributed by atoms with Crippen LogP contribution in [0.15, 0.2) is 42.5 Å². The SMILES string of the molecule is CCc1cc(O)ccc1Oc1ccc(OC(C)C)cc1. The Hall–Kier alpha value is -2.16. The van der Waals surface area contributed by atoms with Crippen molar-refractivity contribution in [3.05, 3.63) is 48.0 Å². The lowest BCUT2D eigenvalue weighted by atomic mass is 10.1. The van der Waals surface area contributed by atoms with E-state index in [4.69, 9.17) is 9.47 Å². The molecule has 0 aliphatic carbocycles. The van der Waals surface area contributed by atoms with Gasteiger partial charge in [-0.1, -0.05) is 6.92 Å². The predicted octanol–water partition coefficient (Wildman–Crippen LogP) is 4.53. The fraction of sp³-hybridized carbons (Fsp3) is 0.294. The Balaban J connectivity index is 2.14. The van der Waals surface area contributed by atoms with E-state index in [9.17, 15) is 5.11 Å². The highest BCUT2D eigenvalue weighted by Crippen LogP contribution is 2.29. The van der Waals surface area contributed by atoms with Crippen LogP contribution in [0.2, 0.25) is 0 Å². The molecule has 0 unspecified atom stereocenters. The third-order valence-corrected chi connectivity index (χ3v) is 2.85. The van der Waals surface area contributed by atoms with E-state index in [1.165, 1.54) is 0 Å². The molecule has 0 amide bonds. The zero-order valence-corrected chi connectivity index (χ0v) is 12.1. The van der Waals surface area contributed by atoms with E-state index in [0.717, 1.165) is 29.2 Å². The second-order valence-corrected chi connectivity index (χ2v) is 4.89. The molecule has 3 heteroatoms. The number of phenolic OH excluding ortho intramolecular Hbond substituents is 1. The third kappa shape index (κ3) is 3.67. The molecular weight excluding hydrogens is 252 g/mol. The van der Waals surface area contributed by atoms with Gasteiger partial charge >= 0.3 is 0 Å². The maximum atomic E-state index is 9.48. The van der Waals surface area contributed by atoms with Gasteiger partial charge in [0.25, 0.3) is 0 Å². The zero-order chi connectivity index (χ0) is 14.5. The highest BCUT2D eigenvalue weighted by molar-refractivity contribution is 5.43. The van der Waals surface area contributed by atoms with E-state index >= 15 is 0 Å². The first kappa shape index (κ1) is 14.3. The van der Waals surface area contributed by atoms with Crippen molar-refractivity contribution in [2.75, 3.05) is 0 Å². The third-order valence-electron chi connectivity index (χ3n) is 2.85. The summed E-state index contributed by atoms with van der Waals surface area (Å²) in [6, 6.07) is 12.7. The Morgan fingerprint density at radius 3 is 2.25 bits per heavy atom. The summed E-state index contributed by atoms with van der Waals surface area (Å²) in [6.07, 6.45) is 0.962. The average molecular weight is 272 g/mol. The molecule has 0 atom stereocenters. The fourth-order valence-electron chi connectivity index (χ4n) is 1.93. The molecule has 0 bridgehead atoms. The van der Waals surface area contributed by atoms with Gasteiger partial charge in [0.05, 0.1) is 6.10 Å². The number of phenols is 1. The molecule has 2 rings (SSSR count). The maximum absolute atomic E-state index is 9.48. The zero-order valence-electron chi connectivity index (χ0n) is 12.1. The summed E-state index contributed by atoms with van der Waals surface area (Å²) >= 11 is 0.